The van der Waals surface area contributed by atoms with Gasteiger partial charge in [0.25, 0.3) is 0 Å². The molecule has 0 spiro atoms. The van der Waals surface area contributed by atoms with Crippen LogP contribution in [0.3, 0.4) is 0 Å². The molecule has 0 aliphatic carbocycles. The Balaban J connectivity index is 2.14. The van der Waals surface area contributed by atoms with Crippen molar-refractivity contribution in [2.24, 2.45) is 5.41 Å². The Hall–Kier alpha value is -0.900. The molecule has 3 heteroatoms. The summed E-state index contributed by atoms with van der Waals surface area (Å²) in [6.07, 6.45) is 4.30. The molecule has 0 radical (unpaired) electrons. The van der Waals surface area contributed by atoms with E-state index < -0.39 is 0 Å². The summed E-state index contributed by atoms with van der Waals surface area (Å²) in [7, 11) is 0. The molecule has 0 saturated carbocycles. The van der Waals surface area contributed by atoms with Crippen molar-refractivity contribution in [1.82, 2.24) is 4.90 Å². The van der Waals surface area contributed by atoms with Crippen molar-refractivity contribution in [2.75, 3.05) is 26.3 Å². The van der Waals surface area contributed by atoms with E-state index in [-0.39, 0.29) is 24.7 Å². The van der Waals surface area contributed by atoms with E-state index in [0.29, 0.717) is 0 Å². The Bertz CT molecular complexity index is 391. The standard InChI is InChI=1S/C17H27NO2/c1-2-17(10-12-19)9-6-11-18(14-17)16(13-20)15-7-4-3-5-8-15/h3-5,7-8,16,19-20H,2,6,9-14H2,1H3/t16-,17+/m0/s1. The lowest BCUT2D eigenvalue weighted by Gasteiger charge is -2.45. The van der Waals surface area contributed by atoms with Gasteiger partial charge in [0.2, 0.25) is 0 Å². The first-order chi connectivity index (χ1) is 9.74. The van der Waals surface area contributed by atoms with Gasteiger partial charge in [0.05, 0.1) is 12.6 Å². The lowest BCUT2D eigenvalue weighted by Crippen LogP contribution is -2.46. The summed E-state index contributed by atoms with van der Waals surface area (Å²) in [5, 5.41) is 19.2. The minimum absolute atomic E-state index is 0.0844. The molecule has 1 aliphatic heterocycles. The highest BCUT2D eigenvalue weighted by Crippen LogP contribution is 2.39. The Morgan fingerprint density at radius 1 is 1.25 bits per heavy atom. The third kappa shape index (κ3) is 3.40. The van der Waals surface area contributed by atoms with E-state index in [4.69, 9.17) is 0 Å². The van der Waals surface area contributed by atoms with Gasteiger partial charge in [-0.25, -0.2) is 0 Å². The number of piperidine rings is 1. The smallest absolute Gasteiger partial charge is 0.0628 e. The summed E-state index contributed by atoms with van der Waals surface area (Å²) < 4.78 is 0. The van der Waals surface area contributed by atoms with Gasteiger partial charge in [-0.05, 0) is 43.2 Å². The van der Waals surface area contributed by atoms with Crippen molar-refractivity contribution in [3.8, 4) is 0 Å². The number of rotatable bonds is 6. The number of benzene rings is 1. The maximum atomic E-state index is 9.81. The first-order valence-electron chi connectivity index (χ1n) is 7.75. The molecular formula is C17H27NO2. The molecule has 112 valence electrons. The fourth-order valence-corrected chi connectivity index (χ4v) is 3.53. The van der Waals surface area contributed by atoms with E-state index in [1.807, 2.05) is 18.2 Å². The second-order valence-electron chi connectivity index (χ2n) is 6.01. The first kappa shape index (κ1) is 15.5. The largest absolute Gasteiger partial charge is 0.396 e. The molecule has 1 saturated heterocycles. The maximum Gasteiger partial charge on any atom is 0.0628 e. The molecule has 1 aliphatic rings. The molecule has 1 aromatic rings. The summed E-state index contributed by atoms with van der Waals surface area (Å²) >= 11 is 0. The van der Waals surface area contributed by atoms with E-state index >= 15 is 0 Å². The van der Waals surface area contributed by atoms with Crippen LogP contribution in [0.25, 0.3) is 0 Å². The normalized spacial score (nSPS) is 25.6. The number of hydrogen-bond acceptors (Lipinski definition) is 3. The van der Waals surface area contributed by atoms with Crippen LogP contribution in [-0.4, -0.2) is 41.4 Å². The second kappa shape index (κ2) is 7.21. The van der Waals surface area contributed by atoms with Crippen molar-refractivity contribution >= 4 is 0 Å². The average molecular weight is 277 g/mol. The highest BCUT2D eigenvalue weighted by molar-refractivity contribution is 5.19. The zero-order valence-electron chi connectivity index (χ0n) is 12.5. The van der Waals surface area contributed by atoms with Crippen molar-refractivity contribution < 1.29 is 10.2 Å². The fraction of sp³-hybridized carbons (Fsp3) is 0.647. The minimum Gasteiger partial charge on any atom is -0.396 e. The van der Waals surface area contributed by atoms with Gasteiger partial charge >= 0.3 is 0 Å². The van der Waals surface area contributed by atoms with Crippen LogP contribution < -0.4 is 0 Å². The van der Waals surface area contributed by atoms with Crippen LogP contribution in [0.15, 0.2) is 30.3 Å². The number of aliphatic hydroxyl groups is 2. The third-order valence-corrected chi connectivity index (χ3v) is 4.88. The lowest BCUT2D eigenvalue weighted by atomic mass is 9.74. The Morgan fingerprint density at radius 2 is 2.00 bits per heavy atom. The summed E-state index contributed by atoms with van der Waals surface area (Å²) in [6.45, 7) is 4.65. The fourth-order valence-electron chi connectivity index (χ4n) is 3.53. The predicted molar refractivity (Wildman–Crippen MR) is 81.5 cm³/mol. The van der Waals surface area contributed by atoms with Gasteiger partial charge in [0.1, 0.15) is 0 Å². The van der Waals surface area contributed by atoms with Crippen LogP contribution in [-0.2, 0) is 0 Å². The number of aliphatic hydroxyl groups excluding tert-OH is 2. The van der Waals surface area contributed by atoms with Gasteiger partial charge < -0.3 is 10.2 Å². The molecule has 3 nitrogen and oxygen atoms in total. The maximum absolute atomic E-state index is 9.81. The van der Waals surface area contributed by atoms with Gasteiger partial charge in [0.15, 0.2) is 0 Å². The lowest BCUT2D eigenvalue weighted by molar-refractivity contribution is 0.0158. The zero-order chi connectivity index (χ0) is 14.4. The van der Waals surface area contributed by atoms with E-state index in [9.17, 15) is 10.2 Å². The van der Waals surface area contributed by atoms with Crippen molar-refractivity contribution in [1.29, 1.82) is 0 Å². The highest BCUT2D eigenvalue weighted by atomic mass is 16.3. The van der Waals surface area contributed by atoms with Crippen LogP contribution >= 0.6 is 0 Å². The van der Waals surface area contributed by atoms with Crippen molar-refractivity contribution in [2.45, 2.75) is 38.6 Å². The van der Waals surface area contributed by atoms with Gasteiger partial charge in [-0.3, -0.25) is 4.90 Å². The summed E-state index contributed by atoms with van der Waals surface area (Å²) in [5.41, 5.74) is 1.40. The second-order valence-corrected chi connectivity index (χ2v) is 6.01. The molecule has 0 bridgehead atoms. The molecule has 2 atom stereocenters. The van der Waals surface area contributed by atoms with Gasteiger partial charge in [-0.1, -0.05) is 37.3 Å². The molecular weight excluding hydrogens is 250 g/mol. The molecule has 1 heterocycles. The summed E-state index contributed by atoms with van der Waals surface area (Å²) in [5.74, 6) is 0. The van der Waals surface area contributed by atoms with Crippen LogP contribution in [0.4, 0.5) is 0 Å². The van der Waals surface area contributed by atoms with Gasteiger partial charge in [0, 0.05) is 13.2 Å². The summed E-state index contributed by atoms with van der Waals surface area (Å²) in [4.78, 5) is 2.40. The van der Waals surface area contributed by atoms with E-state index in [1.54, 1.807) is 0 Å². The molecule has 0 unspecified atom stereocenters. The van der Waals surface area contributed by atoms with Crippen LogP contribution in [0.1, 0.15) is 44.2 Å². The summed E-state index contributed by atoms with van der Waals surface area (Å²) in [6, 6.07) is 10.3. The molecule has 1 aromatic carbocycles. The zero-order valence-corrected chi connectivity index (χ0v) is 12.5. The van der Waals surface area contributed by atoms with Crippen LogP contribution in [0.2, 0.25) is 0 Å². The predicted octanol–water partition coefficient (Wildman–Crippen LogP) is 2.59. The van der Waals surface area contributed by atoms with Gasteiger partial charge in [-0.15, -0.1) is 0 Å². The molecule has 2 rings (SSSR count). The van der Waals surface area contributed by atoms with Crippen LogP contribution in [0.5, 0.6) is 0 Å². The van der Waals surface area contributed by atoms with E-state index in [2.05, 4.69) is 24.0 Å². The Morgan fingerprint density at radius 3 is 2.60 bits per heavy atom. The number of nitrogens with zero attached hydrogens (tertiary/aromatic N) is 1. The third-order valence-electron chi connectivity index (χ3n) is 4.88. The Labute approximate surface area is 122 Å². The topological polar surface area (TPSA) is 43.7 Å². The van der Waals surface area contributed by atoms with Crippen molar-refractivity contribution in [3.05, 3.63) is 35.9 Å². The monoisotopic (exact) mass is 277 g/mol. The highest BCUT2D eigenvalue weighted by Gasteiger charge is 2.36. The van der Waals surface area contributed by atoms with E-state index in [1.165, 1.54) is 12.0 Å². The van der Waals surface area contributed by atoms with Crippen molar-refractivity contribution in [3.63, 3.8) is 0 Å². The first-order valence-corrected chi connectivity index (χ1v) is 7.75. The van der Waals surface area contributed by atoms with Gasteiger partial charge in [-0.2, -0.15) is 0 Å². The SMILES string of the molecule is CC[C@]1(CCO)CCCN([C@@H](CO)c2ccccc2)C1. The minimum atomic E-state index is 0.0844. The van der Waals surface area contributed by atoms with E-state index in [0.717, 1.165) is 32.4 Å². The molecule has 2 N–H and O–H groups in total. The Kier molecular flexibility index (Phi) is 5.58. The quantitative estimate of drug-likeness (QED) is 0.840. The molecule has 0 aromatic heterocycles. The molecule has 0 amide bonds. The van der Waals surface area contributed by atoms with Crippen LogP contribution in [0, 0.1) is 5.41 Å². The number of likely N-dealkylation sites (tertiary alicyclic amines) is 1. The average Bonchev–Trinajstić information content (AvgIpc) is 2.50. The molecule has 20 heavy (non-hydrogen) atoms. The number of hydrogen-bond donors (Lipinski definition) is 2. The molecule has 1 fully saturated rings.